The van der Waals surface area contributed by atoms with Crippen molar-refractivity contribution in [2.75, 3.05) is 0 Å². The van der Waals surface area contributed by atoms with E-state index in [2.05, 4.69) is 252 Å². The molecule has 0 aliphatic carbocycles. The molecule has 0 unspecified atom stereocenters. The Hall–Kier alpha value is -8.01. The molecule has 0 saturated carbocycles. The fourth-order valence-corrected chi connectivity index (χ4v) is 11.6. The lowest BCUT2D eigenvalue weighted by molar-refractivity contribution is 1.07. The van der Waals surface area contributed by atoms with Gasteiger partial charge in [-0.15, -0.1) is 0 Å². The van der Waals surface area contributed by atoms with Crippen LogP contribution in [0.4, 0.5) is 0 Å². The van der Waals surface area contributed by atoms with E-state index in [1.165, 1.54) is 145 Å². The van der Waals surface area contributed by atoms with Gasteiger partial charge in [-0.3, -0.25) is 0 Å². The first-order valence-electron chi connectivity index (χ1n) is 28.7. The summed E-state index contributed by atoms with van der Waals surface area (Å²) in [5.74, 6) is 1.86. The van der Waals surface area contributed by atoms with Gasteiger partial charge in [-0.2, -0.15) is 0 Å². The first kappa shape index (κ1) is 56.7. The van der Waals surface area contributed by atoms with Crippen molar-refractivity contribution in [2.45, 2.75) is 138 Å². The van der Waals surface area contributed by atoms with Crippen LogP contribution >= 0.6 is 0 Å². The molecule has 3 heteroatoms. The molecule has 0 N–H and O–H groups in total. The van der Waals surface area contributed by atoms with Crippen molar-refractivity contribution in [1.82, 2.24) is 15.0 Å². The number of nitrogens with zero attached hydrogens (tertiary/aromatic N) is 3. The average Bonchev–Trinajstić information content (AvgIpc) is 3.44. The van der Waals surface area contributed by atoms with Crippen LogP contribution in [0.5, 0.6) is 0 Å². The molecule has 10 rings (SSSR count). The van der Waals surface area contributed by atoms with Crippen molar-refractivity contribution < 1.29 is 0 Å². The summed E-state index contributed by atoms with van der Waals surface area (Å²) in [5.41, 5.74) is 39.9. The Morgan fingerprint density at radius 2 is 0.388 bits per heavy atom. The largest absolute Gasteiger partial charge is 0.208 e. The molecule has 404 valence electrons. The molecule has 0 amide bonds. The van der Waals surface area contributed by atoms with Gasteiger partial charge >= 0.3 is 0 Å². The zero-order valence-electron chi connectivity index (χ0n) is 51.5. The minimum absolute atomic E-state index is 0.617. The summed E-state index contributed by atoms with van der Waals surface area (Å²) in [6, 6.07) is 48.3. The highest BCUT2D eigenvalue weighted by atomic mass is 15.0. The van der Waals surface area contributed by atoms with Gasteiger partial charge in [0.25, 0.3) is 0 Å². The second-order valence-corrected chi connectivity index (χ2v) is 23.0. The molecule has 0 radical (unpaired) electrons. The van der Waals surface area contributed by atoms with E-state index < -0.39 is 0 Å². The second kappa shape index (κ2) is 22.6. The quantitative estimate of drug-likeness (QED) is 0.145. The van der Waals surface area contributed by atoms with Gasteiger partial charge < -0.3 is 0 Å². The second-order valence-electron chi connectivity index (χ2n) is 23.0. The summed E-state index contributed by atoms with van der Waals surface area (Å²) in [6.07, 6.45) is 0. The zero-order chi connectivity index (χ0) is 57.8. The molecule has 0 saturated heterocycles. The fourth-order valence-electron chi connectivity index (χ4n) is 11.6. The Labute approximate surface area is 479 Å². The Bertz CT molecular complexity index is 3550. The van der Waals surface area contributed by atoms with Crippen molar-refractivity contribution >= 4 is 0 Å². The molecule has 10 aromatic rings. The summed E-state index contributed by atoms with van der Waals surface area (Å²) in [5, 5.41) is 0. The maximum atomic E-state index is 5.70. The minimum Gasteiger partial charge on any atom is -0.208 e. The lowest BCUT2D eigenvalue weighted by Crippen LogP contribution is -2.03. The number of aromatic nitrogens is 3. The zero-order valence-corrected chi connectivity index (χ0v) is 51.5. The summed E-state index contributed by atoms with van der Waals surface area (Å²) in [6.45, 7) is 44.2. The van der Waals surface area contributed by atoms with Crippen molar-refractivity contribution in [3.63, 3.8) is 0 Å². The third kappa shape index (κ3) is 10.8. The van der Waals surface area contributed by atoms with Gasteiger partial charge in [-0.05, 0) is 316 Å². The van der Waals surface area contributed by atoms with E-state index in [9.17, 15) is 0 Å². The van der Waals surface area contributed by atoms with E-state index in [0.717, 1.165) is 38.9 Å². The van der Waals surface area contributed by atoms with Gasteiger partial charge in [-0.1, -0.05) is 117 Å². The Balaban J connectivity index is 0.00000383. The van der Waals surface area contributed by atoms with Crippen LogP contribution in [0.25, 0.3) is 101 Å². The number of rotatable bonds is 9. The number of aryl methyl sites for hydroxylation is 12. The van der Waals surface area contributed by atoms with Gasteiger partial charge in [0.1, 0.15) is 0 Å². The van der Waals surface area contributed by atoms with Gasteiger partial charge in [0.15, 0.2) is 17.5 Å². The molecule has 0 aliphatic rings. The summed E-state index contributed by atoms with van der Waals surface area (Å²) in [4.78, 5) is 16.7. The van der Waals surface area contributed by atoms with Crippen molar-refractivity contribution in [3.8, 4) is 101 Å². The first-order valence-corrected chi connectivity index (χ1v) is 28.7. The molecular weight excluding hydrogens is 967 g/mol. The molecule has 0 bridgehead atoms. The van der Waals surface area contributed by atoms with E-state index in [4.69, 9.17) is 15.0 Å². The van der Waals surface area contributed by atoms with Crippen LogP contribution in [0.3, 0.4) is 0 Å². The highest BCUT2D eigenvalue weighted by Gasteiger charge is 2.25. The van der Waals surface area contributed by atoms with Gasteiger partial charge in [-0.25, -0.2) is 15.0 Å². The van der Waals surface area contributed by atoms with Crippen LogP contribution in [0.15, 0.2) is 127 Å². The van der Waals surface area contributed by atoms with E-state index in [0.29, 0.717) is 17.5 Å². The lowest BCUT2D eigenvalue weighted by Gasteiger charge is -2.23. The summed E-state index contributed by atoms with van der Waals surface area (Å²) >= 11 is 0. The van der Waals surface area contributed by atoms with Crippen molar-refractivity contribution in [1.29, 1.82) is 0 Å². The molecular formula is C77H81N3. The van der Waals surface area contributed by atoms with E-state index in [-0.39, 0.29) is 0 Å². The Morgan fingerprint density at radius 3 is 0.600 bits per heavy atom. The van der Waals surface area contributed by atoms with E-state index >= 15 is 0 Å². The normalized spacial score (nSPS) is 11.2. The fraction of sp³-hybridized carbons (Fsp3) is 0.260. The maximum absolute atomic E-state index is 5.70. The maximum Gasteiger partial charge on any atom is 0.164 e. The first-order chi connectivity index (χ1) is 38.1. The van der Waals surface area contributed by atoms with Crippen molar-refractivity contribution in [3.05, 3.63) is 228 Å². The van der Waals surface area contributed by atoms with Crippen LogP contribution < -0.4 is 0 Å². The highest BCUT2D eigenvalue weighted by Crippen LogP contribution is 2.48. The third-order valence-electron chi connectivity index (χ3n) is 17.8. The molecule has 1 heterocycles. The van der Waals surface area contributed by atoms with Gasteiger partial charge in [0.2, 0.25) is 0 Å². The lowest BCUT2D eigenvalue weighted by atomic mass is 9.82. The molecule has 80 heavy (non-hydrogen) atoms. The van der Waals surface area contributed by atoms with Gasteiger partial charge in [0, 0.05) is 16.7 Å². The molecule has 0 atom stereocenters. The van der Waals surface area contributed by atoms with Crippen LogP contribution in [0.2, 0.25) is 0 Å². The topological polar surface area (TPSA) is 38.7 Å². The standard InChI is InChI=1S/C75H75N3.C2H6/c1-40-24-59(25-41(2)52(40)13)67-36-65(37-68(60-26-42(3)53(14)43(4)27-60)71(67)63-32-48(9)56(17)49(10)33-63)74-76-73(58-22-20-19-21-23-58)77-75(78-74)66-38-69(61-28-44(5)54(15)45(6)29-61)72(64-34-50(11)57(18)51(12)35-64)70(39-66)62-30-46(7)55(16)47(8)31-62;1-2/h19-39H,1-18H3;1-2H3. The van der Waals surface area contributed by atoms with E-state index in [1.54, 1.807) is 0 Å². The monoisotopic (exact) mass is 1050 g/mol. The molecule has 9 aromatic carbocycles. The van der Waals surface area contributed by atoms with Crippen molar-refractivity contribution in [2.24, 2.45) is 0 Å². The minimum atomic E-state index is 0.617. The number of benzene rings is 9. The predicted octanol–water partition coefficient (Wildman–Crippen LogP) is 21.5. The van der Waals surface area contributed by atoms with Crippen LogP contribution in [-0.4, -0.2) is 15.0 Å². The van der Waals surface area contributed by atoms with Crippen LogP contribution in [0.1, 0.15) is 114 Å². The SMILES string of the molecule is CC.Cc1cc(-c2cc(-c3nc(-c4ccccc4)nc(-c4cc(-c5cc(C)c(C)c(C)c5)c(-c5cc(C)c(C)c(C)c5)c(-c5cc(C)c(C)c(C)c5)c4)n3)cc(-c3cc(C)c(C)c(C)c3)c2-c2cc(C)c(C)c(C)c2)cc(C)c1C. The highest BCUT2D eigenvalue weighted by molar-refractivity contribution is 6.00. The van der Waals surface area contributed by atoms with Gasteiger partial charge in [0.05, 0.1) is 0 Å². The average molecular weight is 1050 g/mol. The third-order valence-corrected chi connectivity index (χ3v) is 17.8. The van der Waals surface area contributed by atoms with E-state index in [1.807, 2.05) is 13.8 Å². The molecule has 0 fully saturated rings. The van der Waals surface area contributed by atoms with Crippen LogP contribution in [0, 0.1) is 125 Å². The van der Waals surface area contributed by atoms with Crippen LogP contribution in [-0.2, 0) is 0 Å². The Morgan fingerprint density at radius 1 is 0.200 bits per heavy atom. The summed E-state index contributed by atoms with van der Waals surface area (Å²) < 4.78 is 0. The predicted molar refractivity (Wildman–Crippen MR) is 345 cm³/mol. The number of hydrogen-bond donors (Lipinski definition) is 0. The molecule has 0 aliphatic heterocycles. The Kier molecular flexibility index (Phi) is 16.0. The molecule has 3 nitrogen and oxygen atoms in total. The number of hydrogen-bond acceptors (Lipinski definition) is 3. The summed E-state index contributed by atoms with van der Waals surface area (Å²) in [7, 11) is 0. The molecule has 1 aromatic heterocycles. The smallest absolute Gasteiger partial charge is 0.164 e. The molecule has 0 spiro atoms.